The number of nitrogens with zero attached hydrogens (tertiary/aromatic N) is 3. The number of nitrogens with two attached hydrogens (primary N) is 1. The summed E-state index contributed by atoms with van der Waals surface area (Å²) in [5, 5.41) is 15.4. The Morgan fingerprint density at radius 1 is 1.29 bits per heavy atom. The van der Waals surface area contributed by atoms with Crippen molar-refractivity contribution in [3.63, 3.8) is 0 Å². The van der Waals surface area contributed by atoms with Crippen molar-refractivity contribution < 1.29 is 9.72 Å². The molecule has 0 aliphatic heterocycles. The summed E-state index contributed by atoms with van der Waals surface area (Å²) in [6.07, 6.45) is 1.16. The van der Waals surface area contributed by atoms with Gasteiger partial charge in [-0.3, -0.25) is 14.9 Å². The van der Waals surface area contributed by atoms with Gasteiger partial charge in [-0.15, -0.1) is 0 Å². The SMILES string of the molecule is CC(N)c1nn(-c2ccc([N+](=O)[O-])cc2)c2c1C(=O)CC(C)(C)C2. The molecule has 0 radical (unpaired) electrons. The minimum absolute atomic E-state index is 0.0172. The van der Waals surface area contributed by atoms with Crippen LogP contribution in [0, 0.1) is 15.5 Å². The summed E-state index contributed by atoms with van der Waals surface area (Å²) in [5.74, 6) is 0.0571. The molecule has 0 saturated carbocycles. The molecule has 7 nitrogen and oxygen atoms in total. The predicted octanol–water partition coefficient (Wildman–Crippen LogP) is 2.96. The summed E-state index contributed by atoms with van der Waals surface area (Å²) in [6.45, 7) is 5.90. The normalized spacial score (nSPS) is 17.4. The number of benzene rings is 1. The molecule has 1 aliphatic rings. The van der Waals surface area contributed by atoms with Gasteiger partial charge in [-0.25, -0.2) is 4.68 Å². The maximum Gasteiger partial charge on any atom is 0.269 e. The summed E-state index contributed by atoms with van der Waals surface area (Å²) in [4.78, 5) is 23.0. The summed E-state index contributed by atoms with van der Waals surface area (Å²) in [5.41, 5.74) is 8.59. The number of hydrogen-bond acceptors (Lipinski definition) is 5. The Hall–Kier alpha value is -2.54. The Morgan fingerprint density at radius 2 is 1.92 bits per heavy atom. The number of nitro benzene ring substituents is 1. The van der Waals surface area contributed by atoms with E-state index in [9.17, 15) is 14.9 Å². The summed E-state index contributed by atoms with van der Waals surface area (Å²) in [6, 6.07) is 5.80. The first kappa shape index (κ1) is 16.3. The molecule has 126 valence electrons. The van der Waals surface area contributed by atoms with Gasteiger partial charge in [-0.05, 0) is 30.9 Å². The fourth-order valence-electron chi connectivity index (χ4n) is 3.23. The standard InChI is InChI=1S/C17H20N4O3/c1-10(18)16-15-13(8-17(2,3)9-14(15)22)20(19-16)11-4-6-12(7-5-11)21(23)24/h4-7,10H,8-9,18H2,1-3H3. The third-order valence-electron chi connectivity index (χ3n) is 4.31. The summed E-state index contributed by atoms with van der Waals surface area (Å²) < 4.78 is 1.70. The highest BCUT2D eigenvalue weighted by Gasteiger charge is 2.37. The van der Waals surface area contributed by atoms with Crippen LogP contribution in [0.15, 0.2) is 24.3 Å². The lowest BCUT2D eigenvalue weighted by Crippen LogP contribution is -2.28. The lowest BCUT2D eigenvalue weighted by Gasteiger charge is -2.29. The van der Waals surface area contributed by atoms with E-state index in [1.165, 1.54) is 12.1 Å². The number of carbonyl (C=O) groups is 1. The molecular weight excluding hydrogens is 308 g/mol. The molecule has 0 spiro atoms. The number of non-ortho nitro benzene ring substituents is 1. The molecule has 3 rings (SSSR count). The molecule has 1 aliphatic carbocycles. The van der Waals surface area contributed by atoms with Gasteiger partial charge < -0.3 is 5.73 Å². The van der Waals surface area contributed by atoms with Crippen molar-refractivity contribution in [1.29, 1.82) is 0 Å². The molecule has 1 atom stereocenters. The molecule has 1 heterocycles. The zero-order valence-electron chi connectivity index (χ0n) is 13.9. The van der Waals surface area contributed by atoms with Gasteiger partial charge in [0.1, 0.15) is 0 Å². The summed E-state index contributed by atoms with van der Waals surface area (Å²) >= 11 is 0. The molecular formula is C17H20N4O3. The lowest BCUT2D eigenvalue weighted by molar-refractivity contribution is -0.384. The minimum Gasteiger partial charge on any atom is -0.323 e. The lowest BCUT2D eigenvalue weighted by atomic mass is 9.75. The largest absolute Gasteiger partial charge is 0.323 e. The molecule has 0 saturated heterocycles. The van der Waals surface area contributed by atoms with Crippen LogP contribution in [0.2, 0.25) is 0 Å². The van der Waals surface area contributed by atoms with Crippen LogP contribution >= 0.6 is 0 Å². The summed E-state index contributed by atoms with van der Waals surface area (Å²) in [7, 11) is 0. The number of carbonyl (C=O) groups excluding carboxylic acids is 1. The van der Waals surface area contributed by atoms with E-state index in [1.54, 1.807) is 23.7 Å². The van der Waals surface area contributed by atoms with Crippen molar-refractivity contribution in [3.8, 4) is 5.69 Å². The van der Waals surface area contributed by atoms with Crippen LogP contribution in [-0.4, -0.2) is 20.5 Å². The highest BCUT2D eigenvalue weighted by molar-refractivity contribution is 6.00. The van der Waals surface area contributed by atoms with Crippen molar-refractivity contribution >= 4 is 11.5 Å². The van der Waals surface area contributed by atoms with Crippen LogP contribution in [0.5, 0.6) is 0 Å². The molecule has 7 heteroatoms. The Balaban J connectivity index is 2.17. The maximum atomic E-state index is 12.6. The van der Waals surface area contributed by atoms with Gasteiger partial charge in [0.15, 0.2) is 5.78 Å². The first-order valence-corrected chi connectivity index (χ1v) is 7.85. The molecule has 2 N–H and O–H groups in total. The average Bonchev–Trinajstić information content (AvgIpc) is 2.85. The minimum atomic E-state index is -0.442. The van der Waals surface area contributed by atoms with Crippen molar-refractivity contribution in [2.24, 2.45) is 11.1 Å². The number of fused-ring (bicyclic) bond motifs is 1. The van der Waals surface area contributed by atoms with Gasteiger partial charge in [0.05, 0.1) is 27.6 Å². The number of hydrogen-bond donors (Lipinski definition) is 1. The van der Waals surface area contributed by atoms with Crippen LogP contribution in [0.4, 0.5) is 5.69 Å². The van der Waals surface area contributed by atoms with Crippen LogP contribution in [0.25, 0.3) is 5.69 Å². The topological polar surface area (TPSA) is 104 Å². The zero-order chi connectivity index (χ0) is 17.6. The number of rotatable bonds is 3. The predicted molar refractivity (Wildman–Crippen MR) is 89.3 cm³/mol. The first-order valence-electron chi connectivity index (χ1n) is 7.85. The van der Waals surface area contributed by atoms with E-state index in [2.05, 4.69) is 5.10 Å². The van der Waals surface area contributed by atoms with Crippen molar-refractivity contribution in [3.05, 3.63) is 51.3 Å². The number of nitro groups is 1. The molecule has 1 aromatic carbocycles. The number of Topliss-reactive ketones (excluding diaryl/α,β-unsaturated/α-hetero) is 1. The quantitative estimate of drug-likeness (QED) is 0.689. The monoisotopic (exact) mass is 328 g/mol. The highest BCUT2D eigenvalue weighted by Crippen LogP contribution is 2.38. The first-order chi connectivity index (χ1) is 11.2. The van der Waals surface area contributed by atoms with E-state index >= 15 is 0 Å². The van der Waals surface area contributed by atoms with Gasteiger partial charge in [0.2, 0.25) is 0 Å². The molecule has 0 amide bonds. The second-order valence-electron chi connectivity index (χ2n) is 7.12. The number of aromatic nitrogens is 2. The fraction of sp³-hybridized carbons (Fsp3) is 0.412. The van der Waals surface area contributed by atoms with Gasteiger partial charge >= 0.3 is 0 Å². The molecule has 2 aromatic rings. The molecule has 1 aromatic heterocycles. The Morgan fingerprint density at radius 3 is 2.46 bits per heavy atom. The fourth-order valence-corrected chi connectivity index (χ4v) is 3.23. The molecule has 24 heavy (non-hydrogen) atoms. The van der Waals surface area contributed by atoms with Gasteiger partial charge in [-0.2, -0.15) is 5.10 Å². The molecule has 0 fully saturated rings. The van der Waals surface area contributed by atoms with Crippen molar-refractivity contribution in [1.82, 2.24) is 9.78 Å². The van der Waals surface area contributed by atoms with Crippen molar-refractivity contribution in [2.45, 2.75) is 39.7 Å². The highest BCUT2D eigenvalue weighted by atomic mass is 16.6. The molecule has 1 unspecified atom stereocenters. The van der Waals surface area contributed by atoms with Crippen LogP contribution in [0.1, 0.15) is 55.0 Å². The van der Waals surface area contributed by atoms with Crippen LogP contribution < -0.4 is 5.73 Å². The third kappa shape index (κ3) is 2.71. The van der Waals surface area contributed by atoms with E-state index in [0.29, 0.717) is 29.8 Å². The third-order valence-corrected chi connectivity index (χ3v) is 4.31. The smallest absolute Gasteiger partial charge is 0.269 e. The Labute approximate surface area is 139 Å². The second-order valence-corrected chi connectivity index (χ2v) is 7.12. The van der Waals surface area contributed by atoms with E-state index in [1.807, 2.05) is 13.8 Å². The van der Waals surface area contributed by atoms with Crippen molar-refractivity contribution in [2.75, 3.05) is 0 Å². The molecule has 0 bridgehead atoms. The average molecular weight is 328 g/mol. The maximum absolute atomic E-state index is 12.6. The van der Waals surface area contributed by atoms with E-state index in [0.717, 1.165) is 5.69 Å². The van der Waals surface area contributed by atoms with Gasteiger partial charge in [-0.1, -0.05) is 13.8 Å². The zero-order valence-corrected chi connectivity index (χ0v) is 13.9. The van der Waals surface area contributed by atoms with Crippen LogP contribution in [0.3, 0.4) is 0 Å². The van der Waals surface area contributed by atoms with E-state index < -0.39 is 4.92 Å². The van der Waals surface area contributed by atoms with Gasteiger partial charge in [0, 0.05) is 24.6 Å². The van der Waals surface area contributed by atoms with E-state index in [-0.39, 0.29) is 22.9 Å². The number of ketones is 1. The van der Waals surface area contributed by atoms with E-state index in [4.69, 9.17) is 5.73 Å². The van der Waals surface area contributed by atoms with Crippen LogP contribution in [-0.2, 0) is 6.42 Å². The Kier molecular flexibility index (Phi) is 3.76. The van der Waals surface area contributed by atoms with Gasteiger partial charge in [0.25, 0.3) is 5.69 Å². The Bertz CT molecular complexity index is 819. The second kappa shape index (κ2) is 5.52.